The van der Waals surface area contributed by atoms with Crippen molar-refractivity contribution < 1.29 is 26.1 Å². The lowest BCUT2D eigenvalue weighted by Gasteiger charge is -2.27. The topological polar surface area (TPSA) is 77.4 Å². The third-order valence-corrected chi connectivity index (χ3v) is 8.97. The van der Waals surface area contributed by atoms with Gasteiger partial charge in [0.2, 0.25) is 0 Å². The molecule has 6 nitrogen and oxygen atoms in total. The monoisotopic (exact) mass is 532 g/mol. The van der Waals surface area contributed by atoms with Crippen LogP contribution in [-0.2, 0) is 21.0 Å². The van der Waals surface area contributed by atoms with Crippen LogP contribution in [0.4, 0.5) is 8.78 Å². The van der Waals surface area contributed by atoms with Gasteiger partial charge in [-0.1, -0.05) is 36.4 Å². The van der Waals surface area contributed by atoms with Crippen LogP contribution >= 0.6 is 0 Å². The molecule has 0 spiro atoms. The number of methoxy groups -OCH3 is 1. The highest BCUT2D eigenvalue weighted by atomic mass is 32.2. The Morgan fingerprint density at radius 1 is 0.972 bits per heavy atom. The zero-order valence-electron chi connectivity index (χ0n) is 20.2. The number of hydrogen-bond donors (Lipinski definition) is 1. The van der Waals surface area contributed by atoms with Gasteiger partial charge in [-0.25, -0.2) is 30.1 Å². The quantitative estimate of drug-likeness (QED) is 0.350. The number of rotatable bonds is 7. The van der Waals surface area contributed by atoms with E-state index in [4.69, 9.17) is 4.74 Å². The van der Waals surface area contributed by atoms with Crippen LogP contribution in [0.1, 0.15) is 38.1 Å². The van der Waals surface area contributed by atoms with Gasteiger partial charge in [-0.15, -0.1) is 0 Å². The second-order valence-corrected chi connectivity index (χ2v) is 12.9. The SMILES string of the molecule is COc1ccc(F)c(F)c1[C@@H](N[S@@](=O)C(C)(C)C)c1cc2ccccc2n1S(=O)(=O)c1ccccc1. The average molecular weight is 533 g/mol. The van der Waals surface area contributed by atoms with Crippen LogP contribution in [0.2, 0.25) is 0 Å². The molecular formula is C26H26F2N2O4S2. The number of ether oxygens (including phenoxy) is 1. The second kappa shape index (κ2) is 9.76. The summed E-state index contributed by atoms with van der Waals surface area (Å²) in [5, 5.41) is 0.552. The minimum atomic E-state index is -4.20. The number of nitrogens with one attached hydrogen (secondary N) is 1. The molecule has 4 aromatic rings. The van der Waals surface area contributed by atoms with Crippen LogP contribution in [-0.4, -0.2) is 28.5 Å². The number of fused-ring (bicyclic) bond motifs is 1. The lowest BCUT2D eigenvalue weighted by atomic mass is 10.0. The zero-order chi connectivity index (χ0) is 26.3. The molecule has 0 saturated carbocycles. The van der Waals surface area contributed by atoms with E-state index in [1.165, 1.54) is 25.3 Å². The summed E-state index contributed by atoms with van der Waals surface area (Å²) in [5.41, 5.74) is 0.100. The lowest BCUT2D eigenvalue weighted by Crippen LogP contribution is -2.38. The molecule has 1 N–H and O–H groups in total. The van der Waals surface area contributed by atoms with Gasteiger partial charge in [-0.05, 0) is 57.2 Å². The highest BCUT2D eigenvalue weighted by Crippen LogP contribution is 2.38. The number of nitrogens with zero attached hydrogens (tertiary/aromatic N) is 1. The van der Waals surface area contributed by atoms with E-state index < -0.39 is 43.4 Å². The van der Waals surface area contributed by atoms with Gasteiger partial charge in [-0.2, -0.15) is 0 Å². The first-order valence-electron chi connectivity index (χ1n) is 11.1. The van der Waals surface area contributed by atoms with Crippen molar-refractivity contribution in [2.45, 2.75) is 36.5 Å². The highest BCUT2D eigenvalue weighted by molar-refractivity contribution is 7.90. The molecule has 1 heterocycles. The summed E-state index contributed by atoms with van der Waals surface area (Å²) in [6.45, 7) is 5.13. The molecule has 190 valence electrons. The molecule has 0 aliphatic carbocycles. The molecule has 0 bridgehead atoms. The minimum Gasteiger partial charge on any atom is -0.496 e. The van der Waals surface area contributed by atoms with E-state index in [1.807, 2.05) is 0 Å². The molecule has 0 aliphatic heterocycles. The van der Waals surface area contributed by atoms with E-state index in [-0.39, 0.29) is 21.9 Å². The Morgan fingerprint density at radius 2 is 1.61 bits per heavy atom. The van der Waals surface area contributed by atoms with Crippen LogP contribution in [0.25, 0.3) is 10.9 Å². The Hall–Kier alpha value is -3.08. The molecule has 0 fully saturated rings. The van der Waals surface area contributed by atoms with Gasteiger partial charge in [0.1, 0.15) is 5.75 Å². The van der Waals surface area contributed by atoms with Crippen LogP contribution in [0.15, 0.2) is 77.7 Å². The first-order valence-corrected chi connectivity index (χ1v) is 13.7. The van der Waals surface area contributed by atoms with Crippen molar-refractivity contribution in [2.24, 2.45) is 0 Å². The van der Waals surface area contributed by atoms with Crippen molar-refractivity contribution in [2.75, 3.05) is 7.11 Å². The van der Waals surface area contributed by atoms with E-state index in [1.54, 1.807) is 69.3 Å². The number of benzene rings is 3. The van der Waals surface area contributed by atoms with Crippen LogP contribution in [0.3, 0.4) is 0 Å². The van der Waals surface area contributed by atoms with Gasteiger partial charge in [-0.3, -0.25) is 0 Å². The summed E-state index contributed by atoms with van der Waals surface area (Å²) in [6, 6.07) is 16.9. The fourth-order valence-electron chi connectivity index (χ4n) is 3.86. The maximum absolute atomic E-state index is 15.4. The molecule has 1 aromatic heterocycles. The van der Waals surface area contributed by atoms with Crippen molar-refractivity contribution in [3.05, 3.63) is 95.7 Å². The van der Waals surface area contributed by atoms with Crippen molar-refractivity contribution in [3.8, 4) is 5.75 Å². The van der Waals surface area contributed by atoms with Crippen molar-refractivity contribution in [1.82, 2.24) is 8.69 Å². The average Bonchev–Trinajstić information content (AvgIpc) is 3.24. The van der Waals surface area contributed by atoms with Crippen molar-refractivity contribution >= 4 is 31.9 Å². The zero-order valence-corrected chi connectivity index (χ0v) is 21.8. The van der Waals surface area contributed by atoms with Crippen molar-refractivity contribution in [1.29, 1.82) is 0 Å². The van der Waals surface area contributed by atoms with Gasteiger partial charge in [0.25, 0.3) is 10.0 Å². The van der Waals surface area contributed by atoms with Crippen LogP contribution in [0, 0.1) is 11.6 Å². The molecule has 0 saturated heterocycles. The van der Waals surface area contributed by atoms with Gasteiger partial charge >= 0.3 is 0 Å². The standard InChI is InChI=1S/C26H26F2N2O4S2/c1-26(2,3)35(31)29-25(23-22(34-4)15-14-19(27)24(23)28)21-16-17-10-8-9-13-20(17)30(21)36(32,33)18-11-6-5-7-12-18/h5-16,25,29H,1-4H3/t25-,35-/m0/s1. The fourth-order valence-corrected chi connectivity index (χ4v) is 6.24. The predicted molar refractivity (Wildman–Crippen MR) is 137 cm³/mol. The van der Waals surface area contributed by atoms with Crippen LogP contribution < -0.4 is 9.46 Å². The van der Waals surface area contributed by atoms with Gasteiger partial charge in [0, 0.05) is 5.39 Å². The van der Waals surface area contributed by atoms with Gasteiger partial charge in [0.15, 0.2) is 11.6 Å². The molecular weight excluding hydrogens is 506 g/mol. The normalized spacial score (nSPS) is 14.1. The number of aromatic nitrogens is 1. The summed E-state index contributed by atoms with van der Waals surface area (Å²) in [4.78, 5) is 0.00924. The largest absolute Gasteiger partial charge is 0.496 e. The third-order valence-electron chi connectivity index (χ3n) is 5.65. The van der Waals surface area contributed by atoms with E-state index in [9.17, 15) is 17.0 Å². The summed E-state index contributed by atoms with van der Waals surface area (Å²) in [5.74, 6) is -2.40. The Kier molecular flexibility index (Phi) is 7.05. The lowest BCUT2D eigenvalue weighted by molar-refractivity contribution is 0.392. The molecule has 3 aromatic carbocycles. The van der Waals surface area contributed by atoms with Gasteiger partial charge in [0.05, 0.1) is 50.6 Å². The van der Waals surface area contributed by atoms with E-state index in [2.05, 4.69) is 4.72 Å². The molecule has 4 rings (SSSR count). The number of halogens is 2. The molecule has 0 radical (unpaired) electrons. The maximum atomic E-state index is 15.4. The molecule has 0 unspecified atom stereocenters. The van der Waals surface area contributed by atoms with Crippen molar-refractivity contribution in [3.63, 3.8) is 0 Å². The molecule has 10 heteroatoms. The van der Waals surface area contributed by atoms with Gasteiger partial charge < -0.3 is 4.74 Å². The highest BCUT2D eigenvalue weighted by Gasteiger charge is 2.35. The molecule has 0 aliphatic rings. The summed E-state index contributed by atoms with van der Waals surface area (Å²) in [6.07, 6.45) is 0. The first-order chi connectivity index (χ1) is 17.0. The first kappa shape index (κ1) is 26.0. The third kappa shape index (κ3) is 4.68. The Labute approximate surface area is 211 Å². The van der Waals surface area contributed by atoms with Crippen LogP contribution in [0.5, 0.6) is 5.75 Å². The maximum Gasteiger partial charge on any atom is 0.268 e. The Balaban J connectivity index is 2.09. The smallest absolute Gasteiger partial charge is 0.268 e. The number of para-hydroxylation sites is 1. The minimum absolute atomic E-state index is 0.00924. The molecule has 2 atom stereocenters. The van der Waals surface area contributed by atoms with E-state index >= 15 is 4.39 Å². The fraction of sp³-hybridized carbons (Fsp3) is 0.231. The molecule has 0 amide bonds. The summed E-state index contributed by atoms with van der Waals surface area (Å²) < 4.78 is 79.4. The number of hydrogen-bond acceptors (Lipinski definition) is 4. The summed E-state index contributed by atoms with van der Waals surface area (Å²) in [7, 11) is -4.70. The Bertz CT molecular complexity index is 1550. The predicted octanol–water partition coefficient (Wildman–Crippen LogP) is 5.31. The van der Waals surface area contributed by atoms with E-state index in [0.29, 0.717) is 10.9 Å². The second-order valence-electron chi connectivity index (χ2n) is 9.12. The Morgan fingerprint density at radius 3 is 2.25 bits per heavy atom. The molecule has 36 heavy (non-hydrogen) atoms. The van der Waals surface area contributed by atoms with E-state index in [0.717, 1.165) is 10.0 Å². The summed E-state index contributed by atoms with van der Waals surface area (Å²) >= 11 is 0.